The normalized spacial score (nSPS) is 12.9. The maximum absolute atomic E-state index is 13.4. The lowest BCUT2D eigenvalue weighted by molar-refractivity contribution is -0.137. The molecule has 3 N–H and O–H groups in total. The number of halogens is 4. The summed E-state index contributed by atoms with van der Waals surface area (Å²) < 4.78 is 47.5. The topological polar surface area (TPSA) is 106 Å². The second-order valence-electron chi connectivity index (χ2n) is 11.7. The van der Waals surface area contributed by atoms with Crippen LogP contribution in [0, 0.1) is 0 Å². The molecule has 3 rings (SSSR count). The van der Waals surface area contributed by atoms with E-state index in [0.717, 1.165) is 12.1 Å². The van der Waals surface area contributed by atoms with Crippen LogP contribution in [-0.2, 0) is 17.5 Å². The van der Waals surface area contributed by atoms with Crippen molar-refractivity contribution in [3.63, 3.8) is 0 Å². The first-order valence-electron chi connectivity index (χ1n) is 11.9. The molecule has 3 aromatic rings. The fourth-order valence-electron chi connectivity index (χ4n) is 3.51. The summed E-state index contributed by atoms with van der Waals surface area (Å²) in [5.74, 6) is 0.509. The zero-order valence-electron chi connectivity index (χ0n) is 22.6. The largest absolute Gasteiger partial charge is 0.442 e. The maximum atomic E-state index is 13.4. The number of nitrogens with zero attached hydrogens (tertiary/aromatic N) is 4. The van der Waals surface area contributed by atoms with Crippen LogP contribution in [0.2, 0.25) is 5.02 Å². The van der Waals surface area contributed by atoms with Gasteiger partial charge in [0, 0.05) is 21.8 Å². The van der Waals surface area contributed by atoms with Gasteiger partial charge in [-0.2, -0.15) is 18.2 Å². The van der Waals surface area contributed by atoms with Gasteiger partial charge in [0.15, 0.2) is 5.65 Å². The Kier molecular flexibility index (Phi) is 7.80. The van der Waals surface area contributed by atoms with Gasteiger partial charge in [0.2, 0.25) is 11.9 Å². The van der Waals surface area contributed by atoms with E-state index >= 15 is 0 Å². The first-order valence-corrected chi connectivity index (χ1v) is 12.3. The van der Waals surface area contributed by atoms with E-state index in [9.17, 15) is 18.0 Å². The second kappa shape index (κ2) is 10.1. The lowest BCUT2D eigenvalue weighted by atomic mass is 10.1. The van der Waals surface area contributed by atoms with Crippen molar-refractivity contribution in [2.75, 3.05) is 10.6 Å². The number of nitrogens with one attached hydrogen (secondary N) is 3. The van der Waals surface area contributed by atoms with Crippen LogP contribution in [-0.4, -0.2) is 42.3 Å². The first kappa shape index (κ1) is 29.3. The number of aromatic nitrogens is 4. The second-order valence-corrected chi connectivity index (χ2v) is 12.1. The number of hydrogen-bond donors (Lipinski definition) is 3. The molecule has 0 aliphatic heterocycles. The predicted molar refractivity (Wildman–Crippen MR) is 142 cm³/mol. The average Bonchev–Trinajstić information content (AvgIpc) is 2.99. The Morgan fingerprint density at radius 2 is 1.66 bits per heavy atom. The highest BCUT2D eigenvalue weighted by molar-refractivity contribution is 6.31. The van der Waals surface area contributed by atoms with Crippen LogP contribution in [0.5, 0.6) is 0 Å². The number of benzene rings is 1. The molecule has 2 aromatic heterocycles. The van der Waals surface area contributed by atoms with Crippen molar-refractivity contribution in [1.82, 2.24) is 24.8 Å². The van der Waals surface area contributed by atoms with Gasteiger partial charge >= 0.3 is 12.3 Å². The molecule has 0 spiro atoms. The van der Waals surface area contributed by atoms with Crippen molar-refractivity contribution in [3.05, 3.63) is 35.0 Å². The van der Waals surface area contributed by atoms with Gasteiger partial charge < -0.3 is 20.7 Å². The van der Waals surface area contributed by atoms with Crippen molar-refractivity contribution in [2.45, 2.75) is 84.8 Å². The molecule has 0 radical (unpaired) electrons. The average molecular weight is 556 g/mol. The van der Waals surface area contributed by atoms with Crippen LogP contribution in [0.15, 0.2) is 24.4 Å². The molecule has 0 saturated carbocycles. The van der Waals surface area contributed by atoms with E-state index in [0.29, 0.717) is 17.1 Å². The van der Waals surface area contributed by atoms with Crippen molar-refractivity contribution in [1.29, 1.82) is 0 Å². The molecule has 0 saturated heterocycles. The lowest BCUT2D eigenvalue weighted by Crippen LogP contribution is -2.45. The van der Waals surface area contributed by atoms with Crippen LogP contribution >= 0.6 is 11.6 Å². The van der Waals surface area contributed by atoms with Gasteiger partial charge in [-0.3, -0.25) is 4.57 Å². The number of carbonyl (C=O) groups excluding carboxylic acids is 1. The Balaban J connectivity index is 2.06. The van der Waals surface area contributed by atoms with Gasteiger partial charge in [0.05, 0.1) is 18.3 Å². The fourth-order valence-corrected chi connectivity index (χ4v) is 3.74. The molecular formula is C25H33ClF3N7O2. The van der Waals surface area contributed by atoms with Gasteiger partial charge in [-0.05, 0) is 73.6 Å². The molecule has 38 heavy (non-hydrogen) atoms. The van der Waals surface area contributed by atoms with Crippen LogP contribution in [0.3, 0.4) is 0 Å². The summed E-state index contributed by atoms with van der Waals surface area (Å²) in [5, 5.41) is 8.77. The number of imidazole rings is 1. The summed E-state index contributed by atoms with van der Waals surface area (Å²) in [4.78, 5) is 25.9. The molecule has 1 aromatic carbocycles. The summed E-state index contributed by atoms with van der Waals surface area (Å²) in [7, 11) is 0. The van der Waals surface area contributed by atoms with E-state index in [1.807, 2.05) is 41.5 Å². The van der Waals surface area contributed by atoms with Crippen LogP contribution < -0.4 is 16.0 Å². The van der Waals surface area contributed by atoms with Gasteiger partial charge in [0.1, 0.15) is 11.1 Å². The number of rotatable bonds is 6. The number of anilines is 3. The third kappa shape index (κ3) is 8.11. The molecule has 13 heteroatoms. The third-order valence-corrected chi connectivity index (χ3v) is 5.06. The zero-order valence-corrected chi connectivity index (χ0v) is 23.4. The molecule has 1 amide bonds. The van der Waals surface area contributed by atoms with Crippen LogP contribution in [0.1, 0.15) is 61.0 Å². The number of hydrogen-bond acceptors (Lipinski definition) is 7. The van der Waals surface area contributed by atoms with E-state index in [2.05, 4.69) is 30.9 Å². The number of carbonyl (C=O) groups is 1. The Morgan fingerprint density at radius 3 is 2.24 bits per heavy atom. The molecule has 0 aliphatic rings. The molecule has 2 heterocycles. The number of amides is 1. The molecule has 9 nitrogen and oxygen atoms in total. The van der Waals surface area contributed by atoms with Crippen molar-refractivity contribution < 1.29 is 22.7 Å². The molecule has 0 fully saturated rings. The predicted octanol–water partition coefficient (Wildman–Crippen LogP) is 6.76. The van der Waals surface area contributed by atoms with E-state index in [-0.39, 0.29) is 28.7 Å². The van der Waals surface area contributed by atoms with E-state index < -0.39 is 29.0 Å². The summed E-state index contributed by atoms with van der Waals surface area (Å²) >= 11 is 5.98. The molecule has 0 atom stereocenters. The minimum absolute atomic E-state index is 0.0715. The maximum Gasteiger partial charge on any atom is 0.416 e. The number of alkyl halides is 3. The zero-order chi connectivity index (χ0) is 28.7. The van der Waals surface area contributed by atoms with Gasteiger partial charge in [-0.15, -0.1) is 0 Å². The minimum atomic E-state index is -4.59. The fraction of sp³-hybridized carbons (Fsp3) is 0.520. The molecular weight excluding hydrogens is 523 g/mol. The van der Waals surface area contributed by atoms with Crippen LogP contribution in [0.4, 0.5) is 35.5 Å². The lowest BCUT2D eigenvalue weighted by Gasteiger charge is -2.29. The van der Waals surface area contributed by atoms with Crippen LogP contribution in [0.25, 0.3) is 11.2 Å². The summed E-state index contributed by atoms with van der Waals surface area (Å²) in [6.45, 7) is 14.8. The van der Waals surface area contributed by atoms with Crippen molar-refractivity contribution >= 4 is 46.4 Å². The van der Waals surface area contributed by atoms with E-state index in [1.54, 1.807) is 18.4 Å². The van der Waals surface area contributed by atoms with Crippen molar-refractivity contribution in [2.24, 2.45) is 0 Å². The first-order chi connectivity index (χ1) is 17.2. The van der Waals surface area contributed by atoms with Gasteiger partial charge in [0.25, 0.3) is 0 Å². The highest BCUT2D eigenvalue weighted by atomic mass is 35.5. The molecule has 208 valence electrons. The number of fused-ring (bicyclic) bond motifs is 1. The van der Waals surface area contributed by atoms with E-state index in [4.69, 9.17) is 16.3 Å². The Hall–Kier alpha value is -3.28. The Morgan fingerprint density at radius 1 is 1.00 bits per heavy atom. The minimum Gasteiger partial charge on any atom is -0.442 e. The highest BCUT2D eigenvalue weighted by Gasteiger charge is 2.32. The molecule has 0 aliphatic carbocycles. The Bertz CT molecular complexity index is 1330. The number of ether oxygens (including phenoxy) is 1. The summed E-state index contributed by atoms with van der Waals surface area (Å²) in [6.07, 6.45) is -3.69. The standard InChI is InChI=1S/C25H33ClF3N7O2/c1-22(2,3)34-19-30-12-17-18(33-19)36(13-24(7,8)38-21(37)35-23(4,5)6)20(32-17)31-16-10-14(25(27,28)29)9-15(26)11-16/h9-12H,13H2,1-8H3,(H,31,32)(H,35,37)(H,30,33,34). The highest BCUT2D eigenvalue weighted by Crippen LogP contribution is 2.34. The quantitative estimate of drug-likeness (QED) is 0.309. The smallest absolute Gasteiger partial charge is 0.416 e. The Labute approximate surface area is 224 Å². The van der Waals surface area contributed by atoms with E-state index in [1.165, 1.54) is 12.3 Å². The van der Waals surface area contributed by atoms with Gasteiger partial charge in [-0.25, -0.2) is 14.8 Å². The van der Waals surface area contributed by atoms with Crippen molar-refractivity contribution in [3.8, 4) is 0 Å². The molecule has 0 bridgehead atoms. The number of alkyl carbamates (subject to hydrolysis) is 1. The SMILES string of the molecule is CC(C)(C)NC(=O)OC(C)(C)Cn1c(Nc2cc(Cl)cc(C(F)(F)F)c2)nc2cnc(NC(C)(C)C)nc21. The molecule has 0 unspecified atom stereocenters. The summed E-state index contributed by atoms with van der Waals surface area (Å²) in [5.41, 5.74) is -1.96. The monoisotopic (exact) mass is 555 g/mol. The summed E-state index contributed by atoms with van der Waals surface area (Å²) in [6, 6.07) is 3.14. The third-order valence-electron chi connectivity index (χ3n) is 4.84. The van der Waals surface area contributed by atoms with Gasteiger partial charge in [-0.1, -0.05) is 11.6 Å².